The van der Waals surface area contributed by atoms with Crippen molar-refractivity contribution in [2.24, 2.45) is 12.8 Å². The van der Waals surface area contributed by atoms with Crippen LogP contribution < -0.4 is 11.1 Å². The van der Waals surface area contributed by atoms with Crippen molar-refractivity contribution in [1.82, 2.24) is 9.55 Å². The van der Waals surface area contributed by atoms with E-state index in [-0.39, 0.29) is 12.5 Å². The van der Waals surface area contributed by atoms with Crippen molar-refractivity contribution in [2.75, 3.05) is 11.9 Å². The van der Waals surface area contributed by atoms with Crippen LogP contribution in [-0.2, 0) is 7.05 Å². The summed E-state index contributed by atoms with van der Waals surface area (Å²) >= 11 is 0. The zero-order valence-electron chi connectivity index (χ0n) is 11.5. The number of aromatic nitrogens is 2. The molecule has 5 nitrogen and oxygen atoms in total. The van der Waals surface area contributed by atoms with Gasteiger partial charge >= 0.3 is 0 Å². The topological polar surface area (TPSA) is 72.9 Å². The molecule has 5 heteroatoms. The summed E-state index contributed by atoms with van der Waals surface area (Å²) in [5.74, 6) is 5.55. The first kappa shape index (κ1) is 13.8. The summed E-state index contributed by atoms with van der Waals surface area (Å²) < 4.78 is 1.66. The molecular weight excluding hydrogens is 252 g/mol. The third kappa shape index (κ3) is 3.05. The number of amides is 1. The van der Waals surface area contributed by atoms with Gasteiger partial charge in [0.2, 0.25) is 0 Å². The lowest BCUT2D eigenvalue weighted by Gasteiger charge is -2.08. The van der Waals surface area contributed by atoms with Gasteiger partial charge in [-0.15, -0.1) is 0 Å². The first-order chi connectivity index (χ1) is 9.61. The summed E-state index contributed by atoms with van der Waals surface area (Å²) in [6.45, 7) is 2.25. The highest BCUT2D eigenvalue weighted by Crippen LogP contribution is 2.17. The Morgan fingerprint density at radius 3 is 2.95 bits per heavy atom. The Hall–Kier alpha value is -2.58. The van der Waals surface area contributed by atoms with Gasteiger partial charge in [-0.2, -0.15) is 0 Å². The van der Waals surface area contributed by atoms with Gasteiger partial charge in [-0.3, -0.25) is 4.79 Å². The van der Waals surface area contributed by atoms with Crippen LogP contribution in [0.1, 0.15) is 21.6 Å². The Morgan fingerprint density at radius 2 is 2.30 bits per heavy atom. The van der Waals surface area contributed by atoms with Crippen LogP contribution in [0.5, 0.6) is 0 Å². The van der Waals surface area contributed by atoms with Gasteiger partial charge < -0.3 is 15.6 Å². The lowest BCUT2D eigenvalue weighted by Crippen LogP contribution is -2.16. The quantitative estimate of drug-likeness (QED) is 0.806. The van der Waals surface area contributed by atoms with Gasteiger partial charge in [0.25, 0.3) is 5.91 Å². The first-order valence-corrected chi connectivity index (χ1v) is 6.19. The molecule has 20 heavy (non-hydrogen) atoms. The molecule has 2 aromatic rings. The highest BCUT2D eigenvalue weighted by molar-refractivity contribution is 6.03. The number of hydrogen-bond donors (Lipinski definition) is 2. The van der Waals surface area contributed by atoms with Crippen LogP contribution in [0.3, 0.4) is 0 Å². The molecule has 0 saturated heterocycles. The molecule has 0 fully saturated rings. The summed E-state index contributed by atoms with van der Waals surface area (Å²) in [7, 11) is 1.77. The molecule has 3 N–H and O–H groups in total. The highest BCUT2D eigenvalue weighted by Gasteiger charge is 2.11. The predicted molar refractivity (Wildman–Crippen MR) is 78.3 cm³/mol. The number of carbonyl (C=O) groups excluding carboxylic acids is 1. The third-order valence-electron chi connectivity index (χ3n) is 2.80. The van der Waals surface area contributed by atoms with E-state index in [0.717, 1.165) is 11.1 Å². The van der Waals surface area contributed by atoms with E-state index in [1.165, 1.54) is 6.20 Å². The summed E-state index contributed by atoms with van der Waals surface area (Å²) in [4.78, 5) is 16.1. The van der Waals surface area contributed by atoms with Crippen molar-refractivity contribution in [3.05, 3.63) is 47.5 Å². The fourth-order valence-corrected chi connectivity index (χ4v) is 1.78. The number of nitrogens with zero attached hydrogens (tertiary/aromatic N) is 2. The molecule has 2 rings (SSSR count). The molecule has 0 atom stereocenters. The number of nitrogens with one attached hydrogen (secondary N) is 1. The molecule has 0 aliphatic rings. The van der Waals surface area contributed by atoms with Crippen LogP contribution in [0.2, 0.25) is 0 Å². The van der Waals surface area contributed by atoms with Crippen LogP contribution in [0.25, 0.3) is 0 Å². The van der Waals surface area contributed by atoms with Crippen molar-refractivity contribution < 1.29 is 4.79 Å². The third-order valence-corrected chi connectivity index (χ3v) is 2.80. The summed E-state index contributed by atoms with van der Waals surface area (Å²) in [5.41, 5.74) is 8.38. The Labute approximate surface area is 117 Å². The zero-order chi connectivity index (χ0) is 14.5. The molecule has 0 unspecified atom stereocenters. The van der Waals surface area contributed by atoms with E-state index in [2.05, 4.69) is 22.1 Å². The molecule has 1 aromatic carbocycles. The molecule has 1 heterocycles. The number of imidazole rings is 1. The van der Waals surface area contributed by atoms with Gasteiger partial charge in [0.1, 0.15) is 5.69 Å². The van der Waals surface area contributed by atoms with Crippen molar-refractivity contribution in [3.63, 3.8) is 0 Å². The number of carbonyl (C=O) groups is 1. The molecule has 0 spiro atoms. The number of aryl methyl sites for hydroxylation is 2. The van der Waals surface area contributed by atoms with Gasteiger partial charge in [0.15, 0.2) is 0 Å². The van der Waals surface area contributed by atoms with E-state index in [1.807, 2.05) is 25.1 Å². The summed E-state index contributed by atoms with van der Waals surface area (Å²) in [6, 6.07) is 5.68. The van der Waals surface area contributed by atoms with Crippen molar-refractivity contribution in [1.29, 1.82) is 0 Å². The van der Waals surface area contributed by atoms with Gasteiger partial charge in [0.05, 0.1) is 24.8 Å². The smallest absolute Gasteiger partial charge is 0.273 e. The van der Waals surface area contributed by atoms with Crippen LogP contribution in [0.4, 0.5) is 5.69 Å². The lowest BCUT2D eigenvalue weighted by atomic mass is 10.1. The highest BCUT2D eigenvalue weighted by atomic mass is 16.2. The second kappa shape index (κ2) is 6.04. The normalized spacial score (nSPS) is 9.75. The predicted octanol–water partition coefficient (Wildman–Crippen LogP) is 1.29. The Bertz CT molecular complexity index is 691. The molecule has 0 bridgehead atoms. The van der Waals surface area contributed by atoms with E-state index in [0.29, 0.717) is 11.4 Å². The Balaban J connectivity index is 2.29. The van der Waals surface area contributed by atoms with Crippen LogP contribution >= 0.6 is 0 Å². The largest absolute Gasteiger partial charge is 0.330 e. The number of anilines is 1. The summed E-state index contributed by atoms with van der Waals surface area (Å²) in [6.07, 6.45) is 3.11. The molecular formula is C15H16N4O. The number of hydrogen-bond acceptors (Lipinski definition) is 3. The minimum Gasteiger partial charge on any atom is -0.330 e. The second-order valence-corrected chi connectivity index (χ2v) is 4.40. The van der Waals surface area contributed by atoms with E-state index >= 15 is 0 Å². The molecule has 0 saturated carbocycles. The number of nitrogens with two attached hydrogens (primary N) is 1. The fourth-order valence-electron chi connectivity index (χ4n) is 1.78. The number of rotatable bonds is 2. The Kier molecular flexibility index (Phi) is 4.18. The monoisotopic (exact) mass is 268 g/mol. The maximum Gasteiger partial charge on any atom is 0.273 e. The molecule has 102 valence electrons. The van der Waals surface area contributed by atoms with E-state index in [9.17, 15) is 4.79 Å². The molecule has 0 aliphatic heterocycles. The van der Waals surface area contributed by atoms with Crippen molar-refractivity contribution in [2.45, 2.75) is 6.92 Å². The van der Waals surface area contributed by atoms with Crippen LogP contribution in [-0.4, -0.2) is 22.0 Å². The van der Waals surface area contributed by atoms with E-state index in [4.69, 9.17) is 5.73 Å². The van der Waals surface area contributed by atoms with E-state index in [1.54, 1.807) is 17.9 Å². The van der Waals surface area contributed by atoms with Gasteiger partial charge in [-0.1, -0.05) is 17.9 Å². The molecule has 1 aromatic heterocycles. The fraction of sp³-hybridized carbons (Fsp3) is 0.200. The number of benzene rings is 1. The van der Waals surface area contributed by atoms with Crippen LogP contribution in [0, 0.1) is 18.8 Å². The molecule has 0 aliphatic carbocycles. The van der Waals surface area contributed by atoms with Crippen molar-refractivity contribution >= 4 is 11.6 Å². The Morgan fingerprint density at radius 1 is 1.50 bits per heavy atom. The average Bonchev–Trinajstić information content (AvgIpc) is 2.85. The first-order valence-electron chi connectivity index (χ1n) is 6.19. The second-order valence-electron chi connectivity index (χ2n) is 4.40. The minimum atomic E-state index is -0.218. The maximum atomic E-state index is 12.2. The minimum absolute atomic E-state index is 0.218. The SMILES string of the molecule is Cc1ccc(NC(=O)c2cncn2C)c(C#CCN)c1. The molecule has 0 radical (unpaired) electrons. The van der Waals surface area contributed by atoms with E-state index < -0.39 is 0 Å². The molecule has 1 amide bonds. The van der Waals surface area contributed by atoms with Crippen LogP contribution in [0.15, 0.2) is 30.7 Å². The van der Waals surface area contributed by atoms with Gasteiger partial charge in [-0.05, 0) is 24.6 Å². The van der Waals surface area contributed by atoms with Gasteiger partial charge in [0, 0.05) is 12.6 Å². The maximum absolute atomic E-state index is 12.2. The lowest BCUT2D eigenvalue weighted by molar-refractivity contribution is 0.101. The average molecular weight is 268 g/mol. The van der Waals surface area contributed by atoms with Crippen molar-refractivity contribution in [3.8, 4) is 11.8 Å². The zero-order valence-corrected chi connectivity index (χ0v) is 11.5. The summed E-state index contributed by atoms with van der Waals surface area (Å²) in [5, 5.41) is 2.85. The standard InChI is InChI=1S/C15H16N4O/c1-11-5-6-13(12(8-11)4-3-7-16)18-15(20)14-9-17-10-19(14)2/h5-6,8-10H,7,16H2,1-2H3,(H,18,20). The van der Waals surface area contributed by atoms with Gasteiger partial charge in [-0.25, -0.2) is 4.98 Å².